The van der Waals surface area contributed by atoms with Gasteiger partial charge in [0.15, 0.2) is 0 Å². The van der Waals surface area contributed by atoms with Crippen molar-refractivity contribution in [2.45, 2.75) is 45.5 Å². The largest absolute Gasteiger partial charge is 0.419 e. The van der Waals surface area contributed by atoms with Gasteiger partial charge >= 0.3 is 6.18 Å². The number of carbonyl (C=O) groups is 1. The van der Waals surface area contributed by atoms with Crippen LogP contribution in [0, 0.1) is 6.92 Å². The van der Waals surface area contributed by atoms with E-state index in [9.17, 15) is 22.8 Å². The molecule has 0 unspecified atom stereocenters. The van der Waals surface area contributed by atoms with Crippen molar-refractivity contribution in [3.05, 3.63) is 46.3 Å². The van der Waals surface area contributed by atoms with Crippen LogP contribution in [0.2, 0.25) is 0 Å². The fourth-order valence-electron chi connectivity index (χ4n) is 4.52. The monoisotopic (exact) mass is 507 g/mol. The van der Waals surface area contributed by atoms with Gasteiger partial charge in [-0.15, -0.1) is 0 Å². The molecule has 1 saturated heterocycles. The van der Waals surface area contributed by atoms with Gasteiger partial charge in [0, 0.05) is 44.8 Å². The number of nitrogens with zero attached hydrogens (tertiary/aromatic N) is 6. The van der Waals surface area contributed by atoms with Crippen molar-refractivity contribution in [1.29, 1.82) is 0 Å². The number of hydrogen-bond acceptors (Lipinski definition) is 7. The molecule has 1 aliphatic heterocycles. The summed E-state index contributed by atoms with van der Waals surface area (Å²) in [5, 5.41) is 6.88. The van der Waals surface area contributed by atoms with Gasteiger partial charge in [0.05, 0.1) is 47.8 Å². The molecule has 194 valence electrons. The summed E-state index contributed by atoms with van der Waals surface area (Å²) in [7, 11) is 0. The molecular formula is C23H28F3N7O3. The lowest BCUT2D eigenvalue weighted by molar-refractivity contribution is -0.139. The zero-order valence-corrected chi connectivity index (χ0v) is 20.3. The molecule has 0 atom stereocenters. The number of H-pyrrole nitrogens is 1. The first-order chi connectivity index (χ1) is 17.0. The third kappa shape index (κ3) is 5.35. The highest BCUT2D eigenvalue weighted by atomic mass is 19.4. The zero-order valence-electron chi connectivity index (χ0n) is 20.3. The maximum absolute atomic E-state index is 12.9. The van der Waals surface area contributed by atoms with Gasteiger partial charge < -0.3 is 19.1 Å². The number of hydrogen-bond donors (Lipinski definition) is 1. The van der Waals surface area contributed by atoms with Gasteiger partial charge in [-0.2, -0.15) is 18.3 Å². The second-order valence-electron chi connectivity index (χ2n) is 9.38. The number of nitrogens with one attached hydrogen (secondary N) is 1. The summed E-state index contributed by atoms with van der Waals surface area (Å²) in [4.78, 5) is 36.1. The van der Waals surface area contributed by atoms with E-state index in [2.05, 4.69) is 20.2 Å². The molecule has 1 N–H and O–H groups in total. The lowest BCUT2D eigenvalue weighted by atomic mass is 9.98. The summed E-state index contributed by atoms with van der Waals surface area (Å²) >= 11 is 0. The molecule has 0 radical (unpaired) electrons. The van der Waals surface area contributed by atoms with E-state index in [0.717, 1.165) is 23.5 Å². The van der Waals surface area contributed by atoms with E-state index in [4.69, 9.17) is 4.74 Å². The summed E-state index contributed by atoms with van der Waals surface area (Å²) in [6, 6.07) is 0. The van der Waals surface area contributed by atoms with Crippen molar-refractivity contribution < 1.29 is 22.7 Å². The zero-order chi connectivity index (χ0) is 26.1. The summed E-state index contributed by atoms with van der Waals surface area (Å²) in [6.07, 6.45) is 0.735. The van der Waals surface area contributed by atoms with Gasteiger partial charge in [-0.3, -0.25) is 9.59 Å². The molecule has 0 aliphatic carbocycles. The molecule has 1 fully saturated rings. The molecular weight excluding hydrogens is 479 g/mol. The van der Waals surface area contributed by atoms with Gasteiger partial charge in [0.25, 0.3) is 5.56 Å². The Kier molecular flexibility index (Phi) is 7.03. The fourth-order valence-corrected chi connectivity index (χ4v) is 4.52. The lowest BCUT2D eigenvalue weighted by Crippen LogP contribution is -2.61. The smallest absolute Gasteiger partial charge is 0.379 e. The number of aromatic amines is 1. The van der Waals surface area contributed by atoms with Crippen LogP contribution in [0.4, 0.5) is 19.1 Å². The van der Waals surface area contributed by atoms with Gasteiger partial charge in [-0.05, 0) is 26.3 Å². The summed E-state index contributed by atoms with van der Waals surface area (Å²) < 4.78 is 45.9. The molecule has 36 heavy (non-hydrogen) atoms. The predicted octanol–water partition coefficient (Wildman–Crippen LogP) is 2.38. The van der Waals surface area contributed by atoms with E-state index in [-0.39, 0.29) is 30.4 Å². The second kappa shape index (κ2) is 9.88. The maximum atomic E-state index is 12.9. The number of carbonyl (C=O) groups excluding carboxylic acids is 1. The Morgan fingerprint density at radius 1 is 1.17 bits per heavy atom. The highest BCUT2D eigenvalue weighted by Crippen LogP contribution is 2.29. The predicted molar refractivity (Wildman–Crippen MR) is 126 cm³/mol. The Morgan fingerprint density at radius 3 is 2.56 bits per heavy atom. The number of anilines is 1. The number of piperazine rings is 1. The van der Waals surface area contributed by atoms with Crippen molar-refractivity contribution in [1.82, 2.24) is 29.6 Å². The van der Waals surface area contributed by atoms with Gasteiger partial charge in [0.2, 0.25) is 11.9 Å². The van der Waals surface area contributed by atoms with Crippen molar-refractivity contribution in [2.75, 3.05) is 37.7 Å². The fraction of sp³-hybridized carbons (Fsp3) is 0.522. The van der Waals surface area contributed by atoms with Crippen LogP contribution >= 0.6 is 0 Å². The van der Waals surface area contributed by atoms with Crippen LogP contribution in [0.1, 0.15) is 31.4 Å². The first-order valence-corrected chi connectivity index (χ1v) is 11.5. The molecule has 4 rings (SSSR count). The first kappa shape index (κ1) is 25.6. The van der Waals surface area contributed by atoms with Crippen LogP contribution in [0.15, 0.2) is 29.6 Å². The van der Waals surface area contributed by atoms with E-state index < -0.39 is 17.3 Å². The highest BCUT2D eigenvalue weighted by Gasteiger charge is 2.38. The van der Waals surface area contributed by atoms with E-state index in [1.54, 1.807) is 16.0 Å². The van der Waals surface area contributed by atoms with Gasteiger partial charge in [-0.1, -0.05) is 0 Å². The average Bonchev–Trinajstić information content (AvgIpc) is 3.14. The minimum Gasteiger partial charge on any atom is -0.379 e. The normalized spacial score (nSPS) is 16.1. The lowest BCUT2D eigenvalue weighted by Gasteiger charge is -2.47. The Morgan fingerprint density at radius 2 is 1.89 bits per heavy atom. The third-order valence-electron chi connectivity index (χ3n) is 6.28. The SMILES string of the molecule is Cc1cn(CCOCCC(=O)N2CCN(c3ncc(C(F)(F)F)cn3)CC2(C)C)c2cn[nH]c(=O)c12. The van der Waals surface area contributed by atoms with E-state index in [1.165, 1.54) is 0 Å². The Labute approximate surface area is 205 Å². The molecule has 3 aromatic heterocycles. The van der Waals surface area contributed by atoms with Crippen LogP contribution < -0.4 is 10.5 Å². The summed E-state index contributed by atoms with van der Waals surface area (Å²) in [6.45, 7) is 7.98. The topological polar surface area (TPSA) is 109 Å². The quantitative estimate of drug-likeness (QED) is 0.489. The molecule has 1 aliphatic rings. The molecule has 1 amide bonds. The number of amides is 1. The van der Waals surface area contributed by atoms with Crippen molar-refractivity contribution in [3.8, 4) is 0 Å². The van der Waals surface area contributed by atoms with E-state index >= 15 is 0 Å². The van der Waals surface area contributed by atoms with Crippen LogP contribution in [-0.2, 0) is 22.3 Å². The second-order valence-corrected chi connectivity index (χ2v) is 9.38. The number of ether oxygens (including phenoxy) is 1. The molecule has 4 heterocycles. The standard InChI is InChI=1S/C23H28F3N7O3/c1-15-13-31(17-12-29-30-20(35)19(15)17)7-9-36-8-4-18(34)33-6-5-32(14-22(33,2)3)21-27-10-16(11-28-21)23(24,25)26/h10-13H,4-9,14H2,1-3H3,(H,30,35). The first-order valence-electron chi connectivity index (χ1n) is 11.5. The molecule has 3 aromatic rings. The number of rotatable bonds is 7. The number of aryl methyl sites for hydroxylation is 1. The number of aromatic nitrogens is 5. The van der Waals surface area contributed by atoms with Crippen molar-refractivity contribution in [2.24, 2.45) is 0 Å². The number of alkyl halides is 3. The molecule has 0 spiro atoms. The Hall–Kier alpha value is -3.48. The Balaban J connectivity index is 1.26. The van der Waals surface area contributed by atoms with Crippen LogP contribution in [0.5, 0.6) is 0 Å². The minimum absolute atomic E-state index is 0.0639. The number of halogens is 3. The van der Waals surface area contributed by atoms with Gasteiger partial charge in [-0.25, -0.2) is 15.1 Å². The molecule has 13 heteroatoms. The molecule has 0 aromatic carbocycles. The molecule has 0 bridgehead atoms. The number of fused-ring (bicyclic) bond motifs is 1. The van der Waals surface area contributed by atoms with Crippen LogP contribution in [0.25, 0.3) is 10.9 Å². The van der Waals surface area contributed by atoms with E-state index in [1.807, 2.05) is 31.5 Å². The molecule has 0 saturated carbocycles. The van der Waals surface area contributed by atoms with E-state index in [0.29, 0.717) is 38.2 Å². The maximum Gasteiger partial charge on any atom is 0.419 e. The van der Waals surface area contributed by atoms with Gasteiger partial charge in [0.1, 0.15) is 0 Å². The Bertz CT molecular complexity index is 1280. The van der Waals surface area contributed by atoms with Crippen molar-refractivity contribution >= 4 is 22.8 Å². The van der Waals surface area contributed by atoms with Crippen LogP contribution in [-0.4, -0.2) is 73.9 Å². The average molecular weight is 508 g/mol. The third-order valence-corrected chi connectivity index (χ3v) is 6.28. The summed E-state index contributed by atoms with van der Waals surface area (Å²) in [5.41, 5.74) is -0.115. The van der Waals surface area contributed by atoms with Crippen LogP contribution in [0.3, 0.4) is 0 Å². The highest BCUT2D eigenvalue weighted by molar-refractivity contribution is 5.81. The minimum atomic E-state index is -4.49. The van der Waals surface area contributed by atoms with Crippen molar-refractivity contribution in [3.63, 3.8) is 0 Å². The summed E-state index contributed by atoms with van der Waals surface area (Å²) in [5.74, 6) is 0.141. The molecule has 10 nitrogen and oxygen atoms in total.